The van der Waals surface area contributed by atoms with Crippen LogP contribution in [0.4, 0.5) is 0 Å². The predicted molar refractivity (Wildman–Crippen MR) is 139 cm³/mol. The highest BCUT2D eigenvalue weighted by atomic mass is 79.9. The minimum atomic E-state index is -0.349. The van der Waals surface area contributed by atoms with Crippen LogP contribution in [0.1, 0.15) is 38.9 Å². The lowest BCUT2D eigenvalue weighted by molar-refractivity contribution is 0.411. The van der Waals surface area contributed by atoms with Gasteiger partial charge in [0.15, 0.2) is 0 Å². The number of aryl methyl sites for hydroxylation is 3. The van der Waals surface area contributed by atoms with E-state index in [4.69, 9.17) is 4.74 Å². The van der Waals surface area contributed by atoms with Crippen molar-refractivity contribution in [3.8, 4) is 28.0 Å². The van der Waals surface area contributed by atoms with Crippen LogP contribution in [0.3, 0.4) is 0 Å². The van der Waals surface area contributed by atoms with Crippen molar-refractivity contribution >= 4 is 31.9 Å². The van der Waals surface area contributed by atoms with E-state index in [-0.39, 0.29) is 5.41 Å². The van der Waals surface area contributed by atoms with Gasteiger partial charge < -0.3 is 4.74 Å². The van der Waals surface area contributed by atoms with Gasteiger partial charge in [0, 0.05) is 8.95 Å². The molecular formula is C29H22Br2O. The van der Waals surface area contributed by atoms with E-state index >= 15 is 0 Å². The van der Waals surface area contributed by atoms with Crippen LogP contribution in [0.15, 0.2) is 69.6 Å². The molecule has 3 heteroatoms. The molecule has 0 fully saturated rings. The topological polar surface area (TPSA) is 9.23 Å². The van der Waals surface area contributed by atoms with Gasteiger partial charge in [-0.05, 0) is 112 Å². The first kappa shape index (κ1) is 20.3. The Morgan fingerprint density at radius 2 is 1.03 bits per heavy atom. The smallest absolute Gasteiger partial charge is 0.122 e. The van der Waals surface area contributed by atoms with Crippen molar-refractivity contribution in [2.45, 2.75) is 26.2 Å². The van der Waals surface area contributed by atoms with Crippen molar-refractivity contribution in [2.75, 3.05) is 7.11 Å². The third kappa shape index (κ3) is 2.44. The number of ether oxygens (including phenoxy) is 1. The maximum Gasteiger partial charge on any atom is 0.122 e. The molecule has 32 heavy (non-hydrogen) atoms. The lowest BCUT2D eigenvalue weighted by Gasteiger charge is -2.31. The zero-order valence-corrected chi connectivity index (χ0v) is 21.6. The highest BCUT2D eigenvalue weighted by Crippen LogP contribution is 2.64. The normalized spacial score (nSPS) is 17.2. The average molecular weight is 546 g/mol. The molecule has 1 nitrogen and oxygen atoms in total. The first-order valence-electron chi connectivity index (χ1n) is 10.8. The molecule has 0 aromatic heterocycles. The van der Waals surface area contributed by atoms with Gasteiger partial charge in [0.05, 0.1) is 12.5 Å². The van der Waals surface area contributed by atoms with Gasteiger partial charge in [0.2, 0.25) is 0 Å². The van der Waals surface area contributed by atoms with Gasteiger partial charge in [-0.15, -0.1) is 0 Å². The van der Waals surface area contributed by atoms with Gasteiger partial charge in [0.1, 0.15) is 5.75 Å². The second kappa shape index (κ2) is 6.82. The minimum Gasteiger partial charge on any atom is -0.496 e. The van der Waals surface area contributed by atoms with Gasteiger partial charge >= 0.3 is 0 Å². The molecule has 0 saturated carbocycles. The summed E-state index contributed by atoms with van der Waals surface area (Å²) >= 11 is 7.54. The zero-order chi connectivity index (χ0) is 22.4. The van der Waals surface area contributed by atoms with E-state index in [1.165, 1.54) is 55.6 Å². The molecule has 0 saturated heterocycles. The van der Waals surface area contributed by atoms with Crippen molar-refractivity contribution in [2.24, 2.45) is 0 Å². The summed E-state index contributed by atoms with van der Waals surface area (Å²) in [6, 6.07) is 22.8. The van der Waals surface area contributed by atoms with Crippen molar-refractivity contribution in [1.29, 1.82) is 0 Å². The number of rotatable bonds is 1. The predicted octanol–water partition coefficient (Wildman–Crippen LogP) is 8.49. The first-order chi connectivity index (χ1) is 15.4. The van der Waals surface area contributed by atoms with E-state index in [1.54, 1.807) is 7.11 Å². The molecule has 1 atom stereocenters. The van der Waals surface area contributed by atoms with Crippen molar-refractivity contribution in [3.63, 3.8) is 0 Å². The third-order valence-electron chi connectivity index (χ3n) is 7.33. The van der Waals surface area contributed by atoms with E-state index < -0.39 is 0 Å². The number of hydrogen-bond donors (Lipinski definition) is 0. The van der Waals surface area contributed by atoms with Gasteiger partial charge in [0.25, 0.3) is 0 Å². The lowest BCUT2D eigenvalue weighted by Crippen LogP contribution is -2.26. The number of hydrogen-bond acceptors (Lipinski definition) is 1. The molecule has 0 N–H and O–H groups in total. The molecule has 0 amide bonds. The number of benzene rings is 4. The molecular weight excluding hydrogens is 524 g/mol. The summed E-state index contributed by atoms with van der Waals surface area (Å²) in [5, 5.41) is 0. The quantitative estimate of drug-likeness (QED) is 0.201. The van der Waals surface area contributed by atoms with Gasteiger partial charge in [-0.1, -0.05) is 62.2 Å². The number of fused-ring (bicyclic) bond motifs is 10. The second-order valence-electron chi connectivity index (χ2n) is 8.98. The Bertz CT molecular complexity index is 1470. The number of halogens is 2. The summed E-state index contributed by atoms with van der Waals surface area (Å²) in [6.45, 7) is 6.57. The summed E-state index contributed by atoms with van der Waals surface area (Å²) in [6.07, 6.45) is 0. The average Bonchev–Trinajstić information content (AvgIpc) is 3.18. The summed E-state index contributed by atoms with van der Waals surface area (Å²) < 4.78 is 7.94. The van der Waals surface area contributed by atoms with Crippen molar-refractivity contribution in [1.82, 2.24) is 0 Å². The van der Waals surface area contributed by atoms with Crippen LogP contribution < -0.4 is 4.74 Å². The fourth-order valence-corrected chi connectivity index (χ4v) is 6.51. The third-order valence-corrected chi connectivity index (χ3v) is 8.31. The molecule has 2 aliphatic rings. The SMILES string of the molecule is COc1cc2c(cc1C)C1(c3cc(Br)ccc3-c3cc(C)c(C)cc31)c1cc(Br)ccc1-2. The van der Waals surface area contributed by atoms with Crippen LogP contribution in [0, 0.1) is 20.8 Å². The molecule has 0 aliphatic heterocycles. The molecule has 158 valence electrons. The molecule has 6 rings (SSSR count). The largest absolute Gasteiger partial charge is 0.496 e. The Hall–Kier alpha value is -2.36. The Morgan fingerprint density at radius 1 is 0.562 bits per heavy atom. The number of methoxy groups -OCH3 is 1. The Labute approximate surface area is 205 Å². The van der Waals surface area contributed by atoms with E-state index in [0.29, 0.717) is 0 Å². The van der Waals surface area contributed by atoms with Crippen LogP contribution in [0.5, 0.6) is 5.75 Å². The van der Waals surface area contributed by atoms with Crippen LogP contribution in [0.25, 0.3) is 22.3 Å². The van der Waals surface area contributed by atoms with E-state index in [1.807, 2.05) is 0 Å². The summed E-state index contributed by atoms with van der Waals surface area (Å²) in [7, 11) is 1.76. The lowest BCUT2D eigenvalue weighted by atomic mass is 9.70. The molecule has 0 bridgehead atoms. The highest BCUT2D eigenvalue weighted by molar-refractivity contribution is 9.10. The highest BCUT2D eigenvalue weighted by Gasteiger charge is 2.52. The summed E-state index contributed by atoms with van der Waals surface area (Å²) in [5.41, 5.74) is 14.0. The van der Waals surface area contributed by atoms with Crippen molar-refractivity contribution in [3.05, 3.63) is 109 Å². The molecule has 0 heterocycles. The molecule has 1 unspecified atom stereocenters. The maximum atomic E-state index is 5.74. The fourth-order valence-electron chi connectivity index (χ4n) is 5.78. The molecule has 1 spiro atoms. The Morgan fingerprint density at radius 3 is 1.59 bits per heavy atom. The zero-order valence-electron chi connectivity index (χ0n) is 18.4. The van der Waals surface area contributed by atoms with Crippen LogP contribution in [-0.4, -0.2) is 7.11 Å². The van der Waals surface area contributed by atoms with Crippen LogP contribution in [-0.2, 0) is 5.41 Å². The molecule has 4 aromatic rings. The standard InChI is InChI=1S/C29H22Br2O/c1-15-9-22-20-7-5-18(30)12-26(20)29(24(22)10-16(15)2)25-11-17(3)28(32-4)14-23(25)21-8-6-19(31)13-27(21)29/h5-14H,1-4H3. The maximum absolute atomic E-state index is 5.74. The molecule has 4 aromatic carbocycles. The van der Waals surface area contributed by atoms with Gasteiger partial charge in [-0.25, -0.2) is 0 Å². The minimum absolute atomic E-state index is 0.349. The van der Waals surface area contributed by atoms with Crippen LogP contribution >= 0.6 is 31.9 Å². The van der Waals surface area contributed by atoms with Crippen LogP contribution in [0.2, 0.25) is 0 Å². The summed E-state index contributed by atoms with van der Waals surface area (Å²) in [5.74, 6) is 0.933. The van der Waals surface area contributed by atoms with E-state index in [2.05, 4.69) is 113 Å². The van der Waals surface area contributed by atoms with Crippen molar-refractivity contribution < 1.29 is 4.74 Å². The second-order valence-corrected chi connectivity index (χ2v) is 10.8. The van der Waals surface area contributed by atoms with Gasteiger partial charge in [-0.3, -0.25) is 0 Å². The molecule has 2 aliphatic carbocycles. The van der Waals surface area contributed by atoms with E-state index in [9.17, 15) is 0 Å². The monoisotopic (exact) mass is 544 g/mol. The Balaban J connectivity index is 1.86. The Kier molecular flexibility index (Phi) is 4.32. The first-order valence-corrected chi connectivity index (χ1v) is 12.4. The molecule has 0 radical (unpaired) electrons. The fraction of sp³-hybridized carbons (Fsp3) is 0.172. The van der Waals surface area contributed by atoms with E-state index in [0.717, 1.165) is 20.3 Å². The summed E-state index contributed by atoms with van der Waals surface area (Å²) in [4.78, 5) is 0. The van der Waals surface area contributed by atoms with Gasteiger partial charge in [-0.2, -0.15) is 0 Å².